The van der Waals surface area contributed by atoms with Crippen molar-refractivity contribution in [1.29, 1.82) is 0 Å². The van der Waals surface area contributed by atoms with Crippen LogP contribution in [0.3, 0.4) is 0 Å². The van der Waals surface area contributed by atoms with Crippen molar-refractivity contribution in [3.63, 3.8) is 0 Å². The predicted molar refractivity (Wildman–Crippen MR) is 100 cm³/mol. The number of alkyl halides is 3. The largest absolute Gasteiger partial charge is 0.453 e. The van der Waals surface area contributed by atoms with Gasteiger partial charge in [0.15, 0.2) is 11.5 Å². The molecule has 1 N–H and O–H groups in total. The van der Waals surface area contributed by atoms with Gasteiger partial charge in [0, 0.05) is 24.5 Å². The summed E-state index contributed by atoms with van der Waals surface area (Å²) in [5.74, 6) is -0.785. The molecule has 0 bridgehead atoms. The van der Waals surface area contributed by atoms with Gasteiger partial charge in [-0.15, -0.1) is 15.3 Å². The van der Waals surface area contributed by atoms with E-state index in [4.69, 9.17) is 0 Å². The second-order valence-corrected chi connectivity index (χ2v) is 6.68. The first-order chi connectivity index (χ1) is 13.8. The molecular formula is C19H18F3N7. The van der Waals surface area contributed by atoms with Gasteiger partial charge in [-0.1, -0.05) is 24.3 Å². The van der Waals surface area contributed by atoms with Crippen LogP contribution in [-0.4, -0.2) is 29.6 Å². The van der Waals surface area contributed by atoms with Gasteiger partial charge in [0.2, 0.25) is 0 Å². The fourth-order valence-electron chi connectivity index (χ4n) is 3.11. The summed E-state index contributed by atoms with van der Waals surface area (Å²) < 4.78 is 42.2. The van der Waals surface area contributed by atoms with Gasteiger partial charge >= 0.3 is 6.18 Å². The maximum atomic E-state index is 13.2. The van der Waals surface area contributed by atoms with E-state index in [2.05, 4.69) is 25.7 Å². The minimum atomic E-state index is -4.64. The normalized spacial score (nSPS) is 11.9. The zero-order valence-corrected chi connectivity index (χ0v) is 15.8. The minimum Gasteiger partial charge on any atom is -0.364 e. The third-order valence-corrected chi connectivity index (χ3v) is 4.80. The third kappa shape index (κ3) is 3.65. The highest BCUT2D eigenvalue weighted by molar-refractivity contribution is 5.58. The van der Waals surface area contributed by atoms with E-state index in [0.29, 0.717) is 24.5 Å². The average Bonchev–Trinajstić information content (AvgIpc) is 3.34. The molecule has 0 spiro atoms. The summed E-state index contributed by atoms with van der Waals surface area (Å²) in [7, 11) is 0. The van der Waals surface area contributed by atoms with Gasteiger partial charge in [-0.25, -0.2) is 0 Å². The predicted octanol–water partition coefficient (Wildman–Crippen LogP) is 3.62. The third-order valence-electron chi connectivity index (χ3n) is 4.80. The van der Waals surface area contributed by atoms with Gasteiger partial charge in [-0.2, -0.15) is 22.8 Å². The second kappa shape index (κ2) is 7.19. The van der Waals surface area contributed by atoms with E-state index in [9.17, 15) is 13.2 Å². The number of nitrogens with one attached hydrogen (secondary N) is 1. The molecule has 0 atom stereocenters. The minimum absolute atomic E-state index is 0.0967. The molecule has 0 aliphatic rings. The van der Waals surface area contributed by atoms with E-state index < -0.39 is 12.0 Å². The van der Waals surface area contributed by atoms with Gasteiger partial charge < -0.3 is 5.32 Å². The summed E-state index contributed by atoms with van der Waals surface area (Å²) in [5.41, 5.74) is 3.47. The Morgan fingerprint density at radius 2 is 1.76 bits per heavy atom. The Morgan fingerprint density at radius 1 is 1.00 bits per heavy atom. The monoisotopic (exact) mass is 401 g/mol. The Bertz CT molecular complexity index is 1150. The topological polar surface area (TPSA) is 72.9 Å². The molecule has 0 saturated heterocycles. The summed E-state index contributed by atoms with van der Waals surface area (Å²) in [6.45, 7) is 4.50. The van der Waals surface area contributed by atoms with Gasteiger partial charge in [-0.05, 0) is 36.6 Å². The molecule has 0 aliphatic heterocycles. The average molecular weight is 401 g/mol. The van der Waals surface area contributed by atoms with E-state index in [1.54, 1.807) is 20.0 Å². The van der Waals surface area contributed by atoms with Crippen molar-refractivity contribution in [1.82, 2.24) is 29.6 Å². The summed E-state index contributed by atoms with van der Waals surface area (Å²) in [5, 5.41) is 18.4. The molecule has 150 valence electrons. The van der Waals surface area contributed by atoms with Crippen molar-refractivity contribution in [2.45, 2.75) is 33.1 Å². The number of anilines is 1. The SMILES string of the molecule is Cc1c(NCc2ccccc2Cn2cccn2)nn2c(C(F)(F)F)nnc2c1C. The lowest BCUT2D eigenvalue weighted by Gasteiger charge is -2.14. The van der Waals surface area contributed by atoms with Crippen LogP contribution in [0.1, 0.15) is 28.1 Å². The van der Waals surface area contributed by atoms with E-state index in [0.717, 1.165) is 21.2 Å². The molecule has 10 heteroatoms. The number of fused-ring (bicyclic) bond motifs is 1. The quantitative estimate of drug-likeness (QED) is 0.553. The summed E-state index contributed by atoms with van der Waals surface area (Å²) in [4.78, 5) is 0. The number of nitrogens with zero attached hydrogens (tertiary/aromatic N) is 6. The number of halogens is 3. The summed E-state index contributed by atoms with van der Waals surface area (Å²) >= 11 is 0. The van der Waals surface area contributed by atoms with Crippen LogP contribution >= 0.6 is 0 Å². The number of benzene rings is 1. The number of aryl methyl sites for hydroxylation is 1. The van der Waals surface area contributed by atoms with Crippen molar-refractivity contribution in [3.05, 3.63) is 70.8 Å². The molecule has 0 saturated carbocycles. The standard InChI is InChI=1S/C19H18F3N7/c1-12-13(2)17-25-26-18(19(20,21)22)29(17)27-16(12)23-10-14-6-3-4-7-15(14)11-28-9-5-8-24-28/h3-9H,10-11H2,1-2H3,(H,23,27). The van der Waals surface area contributed by atoms with Crippen LogP contribution in [0.15, 0.2) is 42.7 Å². The summed E-state index contributed by atoms with van der Waals surface area (Å²) in [6.07, 6.45) is -1.05. The molecule has 0 fully saturated rings. The van der Waals surface area contributed by atoms with Crippen molar-refractivity contribution in [2.75, 3.05) is 5.32 Å². The maximum absolute atomic E-state index is 13.2. The molecule has 7 nitrogen and oxygen atoms in total. The van der Waals surface area contributed by atoms with Crippen LogP contribution < -0.4 is 5.32 Å². The van der Waals surface area contributed by atoms with Crippen LogP contribution in [0.5, 0.6) is 0 Å². The molecule has 4 rings (SSSR count). The molecule has 1 aromatic carbocycles. The second-order valence-electron chi connectivity index (χ2n) is 6.68. The lowest BCUT2D eigenvalue weighted by atomic mass is 10.1. The zero-order chi connectivity index (χ0) is 20.6. The highest BCUT2D eigenvalue weighted by atomic mass is 19.4. The van der Waals surface area contributed by atoms with Gasteiger partial charge in [0.05, 0.1) is 6.54 Å². The molecule has 3 heterocycles. The highest BCUT2D eigenvalue weighted by Crippen LogP contribution is 2.29. The van der Waals surface area contributed by atoms with Crippen molar-refractivity contribution < 1.29 is 13.2 Å². The fourth-order valence-corrected chi connectivity index (χ4v) is 3.11. The number of hydrogen-bond acceptors (Lipinski definition) is 5. The Morgan fingerprint density at radius 3 is 2.45 bits per heavy atom. The molecular weight excluding hydrogens is 383 g/mol. The Labute approximate surface area is 164 Å². The first-order valence-electron chi connectivity index (χ1n) is 8.92. The van der Waals surface area contributed by atoms with Crippen LogP contribution in [0, 0.1) is 13.8 Å². The van der Waals surface area contributed by atoms with Gasteiger partial charge in [0.1, 0.15) is 0 Å². The van der Waals surface area contributed by atoms with E-state index in [-0.39, 0.29) is 5.65 Å². The van der Waals surface area contributed by atoms with Crippen LogP contribution in [0.25, 0.3) is 5.65 Å². The molecule has 3 aromatic heterocycles. The van der Waals surface area contributed by atoms with E-state index in [1.807, 2.05) is 41.2 Å². The molecule has 4 aromatic rings. The van der Waals surface area contributed by atoms with Crippen LogP contribution in [-0.2, 0) is 19.3 Å². The van der Waals surface area contributed by atoms with E-state index >= 15 is 0 Å². The Kier molecular flexibility index (Phi) is 4.69. The van der Waals surface area contributed by atoms with Crippen LogP contribution in [0.2, 0.25) is 0 Å². The Balaban J connectivity index is 1.65. The van der Waals surface area contributed by atoms with E-state index in [1.165, 1.54) is 0 Å². The lowest BCUT2D eigenvalue weighted by Crippen LogP contribution is -2.15. The first kappa shape index (κ1) is 18.9. The van der Waals surface area contributed by atoms with Crippen molar-refractivity contribution in [3.8, 4) is 0 Å². The Hall–Kier alpha value is -3.43. The number of aromatic nitrogens is 6. The van der Waals surface area contributed by atoms with Gasteiger partial charge in [0.25, 0.3) is 5.82 Å². The highest BCUT2D eigenvalue weighted by Gasteiger charge is 2.38. The smallest absolute Gasteiger partial charge is 0.364 e. The first-order valence-corrected chi connectivity index (χ1v) is 8.92. The lowest BCUT2D eigenvalue weighted by molar-refractivity contribution is -0.146. The fraction of sp³-hybridized carbons (Fsp3) is 0.263. The molecule has 29 heavy (non-hydrogen) atoms. The van der Waals surface area contributed by atoms with Crippen molar-refractivity contribution in [2.24, 2.45) is 0 Å². The zero-order valence-electron chi connectivity index (χ0n) is 15.8. The number of rotatable bonds is 5. The molecule has 0 unspecified atom stereocenters. The van der Waals surface area contributed by atoms with Crippen LogP contribution in [0.4, 0.5) is 19.0 Å². The number of hydrogen-bond donors (Lipinski definition) is 1. The van der Waals surface area contributed by atoms with Gasteiger partial charge in [-0.3, -0.25) is 4.68 Å². The molecule has 0 radical (unpaired) electrons. The maximum Gasteiger partial charge on any atom is 0.453 e. The molecule has 0 aliphatic carbocycles. The molecule has 0 amide bonds. The summed E-state index contributed by atoms with van der Waals surface area (Å²) in [6, 6.07) is 9.67. The van der Waals surface area contributed by atoms with Crippen molar-refractivity contribution >= 4 is 11.5 Å².